The van der Waals surface area contributed by atoms with E-state index < -0.39 is 0 Å². The van der Waals surface area contributed by atoms with E-state index in [1.807, 2.05) is 36.4 Å². The zero-order chi connectivity index (χ0) is 18.4. The predicted octanol–water partition coefficient (Wildman–Crippen LogP) is 4.54. The minimum absolute atomic E-state index is 0.171. The highest BCUT2D eigenvalue weighted by atomic mass is 35.5. The van der Waals surface area contributed by atoms with Gasteiger partial charge in [0, 0.05) is 10.6 Å². The number of thioether (sulfide) groups is 1. The largest absolute Gasteiger partial charge is 0.495 e. The molecule has 0 saturated heterocycles. The molecule has 0 bridgehead atoms. The smallest absolute Gasteiger partial charge is 0.234 e. The van der Waals surface area contributed by atoms with Crippen molar-refractivity contribution in [3.05, 3.63) is 65.9 Å². The van der Waals surface area contributed by atoms with Gasteiger partial charge in [0.2, 0.25) is 5.91 Å². The summed E-state index contributed by atoms with van der Waals surface area (Å²) < 4.78 is 5.23. The number of hydrogen-bond donors (Lipinski definition) is 1. The van der Waals surface area contributed by atoms with Gasteiger partial charge in [-0.1, -0.05) is 53.7 Å². The molecule has 3 rings (SSSR count). The minimum Gasteiger partial charge on any atom is -0.495 e. The number of halogens is 1. The number of amides is 1. The third kappa shape index (κ3) is 4.74. The maximum atomic E-state index is 12.2. The molecule has 0 radical (unpaired) electrons. The fourth-order valence-corrected chi connectivity index (χ4v) is 3.13. The summed E-state index contributed by atoms with van der Waals surface area (Å²) in [6.07, 6.45) is 1.50. The SMILES string of the molecule is COc1ccc(Cl)cc1NC(=O)CSc1cc(-c2ccccc2)ncn1. The van der Waals surface area contributed by atoms with Crippen LogP contribution in [0.1, 0.15) is 0 Å². The Bertz CT molecular complexity index is 906. The Morgan fingerprint density at radius 3 is 2.73 bits per heavy atom. The fourth-order valence-electron chi connectivity index (χ4n) is 2.29. The minimum atomic E-state index is -0.171. The normalized spacial score (nSPS) is 10.4. The van der Waals surface area contributed by atoms with Crippen LogP contribution in [0.2, 0.25) is 5.02 Å². The number of anilines is 1. The van der Waals surface area contributed by atoms with Crippen LogP contribution >= 0.6 is 23.4 Å². The maximum absolute atomic E-state index is 12.2. The maximum Gasteiger partial charge on any atom is 0.234 e. The molecule has 0 aliphatic heterocycles. The summed E-state index contributed by atoms with van der Waals surface area (Å²) in [5.74, 6) is 0.595. The molecule has 1 heterocycles. The van der Waals surface area contributed by atoms with Crippen molar-refractivity contribution >= 4 is 35.0 Å². The van der Waals surface area contributed by atoms with Gasteiger partial charge in [-0.05, 0) is 24.3 Å². The Kier molecular flexibility index (Phi) is 6.09. The fraction of sp³-hybridized carbons (Fsp3) is 0.105. The molecule has 3 aromatic rings. The number of benzene rings is 2. The van der Waals surface area contributed by atoms with Crippen LogP contribution in [0.25, 0.3) is 11.3 Å². The number of carbonyl (C=O) groups excluding carboxylic acids is 1. The number of methoxy groups -OCH3 is 1. The molecule has 0 atom stereocenters. The van der Waals surface area contributed by atoms with Crippen molar-refractivity contribution in [3.63, 3.8) is 0 Å². The molecule has 2 aromatic carbocycles. The quantitative estimate of drug-likeness (QED) is 0.498. The van der Waals surface area contributed by atoms with Gasteiger partial charge in [-0.15, -0.1) is 0 Å². The van der Waals surface area contributed by atoms with E-state index in [0.717, 1.165) is 16.3 Å². The molecule has 0 spiro atoms. The van der Waals surface area contributed by atoms with E-state index >= 15 is 0 Å². The standard InChI is InChI=1S/C19H16ClN3O2S/c1-25-17-8-7-14(20)9-16(17)23-18(24)11-26-19-10-15(21-12-22-19)13-5-3-2-4-6-13/h2-10,12H,11H2,1H3,(H,23,24). The molecule has 5 nitrogen and oxygen atoms in total. The van der Waals surface area contributed by atoms with Crippen LogP contribution in [-0.2, 0) is 4.79 Å². The van der Waals surface area contributed by atoms with Crippen LogP contribution in [0.3, 0.4) is 0 Å². The third-order valence-corrected chi connectivity index (χ3v) is 4.66. The number of nitrogens with zero attached hydrogens (tertiary/aromatic N) is 2. The lowest BCUT2D eigenvalue weighted by molar-refractivity contribution is -0.113. The summed E-state index contributed by atoms with van der Waals surface area (Å²) >= 11 is 7.31. The number of nitrogens with one attached hydrogen (secondary N) is 1. The molecule has 132 valence electrons. The van der Waals surface area contributed by atoms with E-state index in [9.17, 15) is 4.79 Å². The van der Waals surface area contributed by atoms with Crippen LogP contribution in [0.5, 0.6) is 5.75 Å². The number of ether oxygens (including phenoxy) is 1. The van der Waals surface area contributed by atoms with E-state index in [0.29, 0.717) is 16.5 Å². The summed E-state index contributed by atoms with van der Waals surface area (Å²) in [4.78, 5) is 20.7. The summed E-state index contributed by atoms with van der Waals surface area (Å²) in [6, 6.07) is 16.8. The zero-order valence-electron chi connectivity index (χ0n) is 14.0. The third-order valence-electron chi connectivity index (χ3n) is 3.50. The van der Waals surface area contributed by atoms with Gasteiger partial charge in [0.1, 0.15) is 17.1 Å². The first kappa shape index (κ1) is 18.2. The first-order valence-electron chi connectivity index (χ1n) is 7.79. The second kappa shape index (κ2) is 8.69. The Balaban J connectivity index is 1.64. The number of aromatic nitrogens is 2. The second-order valence-electron chi connectivity index (χ2n) is 5.29. The summed E-state index contributed by atoms with van der Waals surface area (Å²) in [5, 5.41) is 4.06. The molecule has 1 amide bonds. The van der Waals surface area contributed by atoms with Gasteiger partial charge in [0.25, 0.3) is 0 Å². The van der Waals surface area contributed by atoms with Gasteiger partial charge in [0.15, 0.2) is 0 Å². The van der Waals surface area contributed by atoms with E-state index in [2.05, 4.69) is 15.3 Å². The van der Waals surface area contributed by atoms with Gasteiger partial charge >= 0.3 is 0 Å². The van der Waals surface area contributed by atoms with Gasteiger partial charge in [-0.2, -0.15) is 0 Å². The van der Waals surface area contributed by atoms with Crippen LogP contribution in [-0.4, -0.2) is 28.7 Å². The van der Waals surface area contributed by atoms with Crippen molar-refractivity contribution in [2.24, 2.45) is 0 Å². The highest BCUT2D eigenvalue weighted by molar-refractivity contribution is 7.99. The molecule has 0 aliphatic carbocycles. The van der Waals surface area contributed by atoms with Crippen molar-refractivity contribution in [1.29, 1.82) is 0 Å². The van der Waals surface area contributed by atoms with Gasteiger partial charge in [0.05, 0.1) is 24.2 Å². The molecule has 0 saturated carbocycles. The molecule has 1 N–H and O–H groups in total. The predicted molar refractivity (Wildman–Crippen MR) is 105 cm³/mol. The Labute approximate surface area is 160 Å². The van der Waals surface area contributed by atoms with E-state index in [1.54, 1.807) is 25.3 Å². The summed E-state index contributed by atoms with van der Waals surface area (Å²) in [7, 11) is 1.54. The molecular formula is C19H16ClN3O2S. The van der Waals surface area contributed by atoms with Crippen LogP contribution < -0.4 is 10.1 Å². The number of rotatable bonds is 6. The summed E-state index contributed by atoms with van der Waals surface area (Å²) in [6.45, 7) is 0. The van der Waals surface area contributed by atoms with Crippen molar-refractivity contribution in [2.75, 3.05) is 18.2 Å². The molecular weight excluding hydrogens is 370 g/mol. The first-order chi connectivity index (χ1) is 12.7. The van der Waals surface area contributed by atoms with Gasteiger partial charge < -0.3 is 10.1 Å². The molecule has 26 heavy (non-hydrogen) atoms. The molecule has 1 aromatic heterocycles. The van der Waals surface area contributed by atoms with Crippen molar-refractivity contribution in [2.45, 2.75) is 5.03 Å². The molecule has 0 aliphatic rings. The summed E-state index contributed by atoms with van der Waals surface area (Å²) in [5.41, 5.74) is 2.36. The van der Waals surface area contributed by atoms with Crippen LogP contribution in [0.15, 0.2) is 66.0 Å². The topological polar surface area (TPSA) is 64.1 Å². The lowest BCUT2D eigenvalue weighted by Crippen LogP contribution is -2.14. The monoisotopic (exact) mass is 385 g/mol. The Morgan fingerprint density at radius 2 is 1.96 bits per heavy atom. The van der Waals surface area contributed by atoms with Crippen LogP contribution in [0.4, 0.5) is 5.69 Å². The second-order valence-corrected chi connectivity index (χ2v) is 6.72. The van der Waals surface area contributed by atoms with E-state index in [4.69, 9.17) is 16.3 Å². The van der Waals surface area contributed by atoms with Crippen molar-refractivity contribution in [3.8, 4) is 17.0 Å². The van der Waals surface area contributed by atoms with Crippen molar-refractivity contribution in [1.82, 2.24) is 9.97 Å². The van der Waals surface area contributed by atoms with E-state index in [-0.39, 0.29) is 11.7 Å². The molecule has 0 fully saturated rings. The van der Waals surface area contributed by atoms with E-state index in [1.165, 1.54) is 18.1 Å². The lowest BCUT2D eigenvalue weighted by atomic mass is 10.1. The first-order valence-corrected chi connectivity index (χ1v) is 9.16. The van der Waals surface area contributed by atoms with Crippen LogP contribution in [0, 0.1) is 0 Å². The van der Waals surface area contributed by atoms with Gasteiger partial charge in [-0.3, -0.25) is 4.79 Å². The average molecular weight is 386 g/mol. The number of carbonyl (C=O) groups is 1. The highest BCUT2D eigenvalue weighted by Crippen LogP contribution is 2.28. The highest BCUT2D eigenvalue weighted by Gasteiger charge is 2.10. The van der Waals surface area contributed by atoms with Gasteiger partial charge in [-0.25, -0.2) is 9.97 Å². The Morgan fingerprint density at radius 1 is 1.15 bits per heavy atom. The molecule has 0 unspecified atom stereocenters. The number of hydrogen-bond acceptors (Lipinski definition) is 5. The molecule has 7 heteroatoms. The average Bonchev–Trinajstić information content (AvgIpc) is 2.67. The van der Waals surface area contributed by atoms with Crippen molar-refractivity contribution < 1.29 is 9.53 Å². The Hall–Kier alpha value is -2.57. The zero-order valence-corrected chi connectivity index (χ0v) is 15.6. The lowest BCUT2D eigenvalue weighted by Gasteiger charge is -2.10.